The molecule has 2 fully saturated rings. The van der Waals surface area contributed by atoms with Crippen LogP contribution in [0, 0.1) is 13.8 Å². The number of rotatable bonds is 5. The molecule has 0 aliphatic carbocycles. The van der Waals surface area contributed by atoms with Crippen LogP contribution in [-0.2, 0) is 16.1 Å². The average molecular weight is 329 g/mol. The fourth-order valence-corrected chi connectivity index (χ4v) is 3.67. The van der Waals surface area contributed by atoms with Crippen LogP contribution < -0.4 is 10.6 Å². The fraction of sp³-hybridized carbons (Fsp3) is 0.579. The Kier molecular flexibility index (Phi) is 4.90. The molecule has 24 heavy (non-hydrogen) atoms. The number of carbonyl (C=O) groups excluding carboxylic acids is 2. The van der Waals surface area contributed by atoms with E-state index in [-0.39, 0.29) is 29.9 Å². The molecule has 5 heteroatoms. The Morgan fingerprint density at radius 1 is 1.25 bits per heavy atom. The molecule has 2 saturated heterocycles. The van der Waals surface area contributed by atoms with Crippen molar-refractivity contribution in [2.45, 2.75) is 64.7 Å². The number of benzene rings is 1. The topological polar surface area (TPSA) is 61.4 Å². The van der Waals surface area contributed by atoms with E-state index in [0.29, 0.717) is 19.4 Å². The SMILES string of the molecule is CCC[C@@H]1NC(=O)[C@@H]2C[C@H](NCc3ccc(C)c(C)c3)CN2C1=O. The number of hydrogen-bond acceptors (Lipinski definition) is 3. The van der Waals surface area contributed by atoms with Crippen molar-refractivity contribution in [1.82, 2.24) is 15.5 Å². The zero-order valence-electron chi connectivity index (χ0n) is 14.8. The van der Waals surface area contributed by atoms with Gasteiger partial charge in [0.05, 0.1) is 0 Å². The first-order chi connectivity index (χ1) is 11.5. The highest BCUT2D eigenvalue weighted by molar-refractivity contribution is 5.97. The maximum atomic E-state index is 12.5. The lowest BCUT2D eigenvalue weighted by Gasteiger charge is -2.34. The van der Waals surface area contributed by atoms with Crippen LogP contribution in [0.1, 0.15) is 42.9 Å². The summed E-state index contributed by atoms with van der Waals surface area (Å²) in [5.74, 6) is 0.0838. The van der Waals surface area contributed by atoms with Crippen LogP contribution in [0.2, 0.25) is 0 Å². The van der Waals surface area contributed by atoms with E-state index in [9.17, 15) is 9.59 Å². The fourth-order valence-electron chi connectivity index (χ4n) is 3.67. The van der Waals surface area contributed by atoms with Gasteiger partial charge in [-0.05, 0) is 43.4 Å². The number of hydrogen-bond donors (Lipinski definition) is 2. The maximum absolute atomic E-state index is 12.5. The van der Waals surface area contributed by atoms with Gasteiger partial charge in [-0.25, -0.2) is 0 Å². The Bertz CT molecular complexity index is 643. The standard InChI is InChI=1S/C19H27N3O2/c1-4-5-16-19(24)22-11-15(9-17(22)18(23)21-16)20-10-14-7-6-12(2)13(3)8-14/h6-8,15-17,20H,4-5,9-11H2,1-3H3,(H,21,23)/t15-,16-,17-/m0/s1. The van der Waals surface area contributed by atoms with E-state index in [0.717, 1.165) is 13.0 Å². The van der Waals surface area contributed by atoms with E-state index in [1.807, 2.05) is 6.92 Å². The van der Waals surface area contributed by atoms with E-state index in [4.69, 9.17) is 0 Å². The molecule has 0 bridgehead atoms. The zero-order valence-corrected chi connectivity index (χ0v) is 14.8. The number of amides is 2. The highest BCUT2D eigenvalue weighted by Crippen LogP contribution is 2.24. The molecular formula is C19H27N3O2. The minimum absolute atomic E-state index is 0.00327. The van der Waals surface area contributed by atoms with Crippen molar-refractivity contribution in [2.24, 2.45) is 0 Å². The first kappa shape index (κ1) is 17.0. The Morgan fingerprint density at radius 3 is 2.75 bits per heavy atom. The van der Waals surface area contributed by atoms with Crippen molar-refractivity contribution in [3.63, 3.8) is 0 Å². The predicted octanol–water partition coefficient (Wildman–Crippen LogP) is 1.66. The van der Waals surface area contributed by atoms with Gasteiger partial charge in [-0.3, -0.25) is 9.59 Å². The van der Waals surface area contributed by atoms with Crippen LogP contribution in [-0.4, -0.2) is 41.4 Å². The highest BCUT2D eigenvalue weighted by atomic mass is 16.2. The highest BCUT2D eigenvalue weighted by Gasteiger charge is 2.45. The van der Waals surface area contributed by atoms with Crippen LogP contribution in [0.3, 0.4) is 0 Å². The summed E-state index contributed by atoms with van der Waals surface area (Å²) in [6.45, 7) is 7.65. The minimum atomic E-state index is -0.336. The van der Waals surface area contributed by atoms with Crippen LogP contribution >= 0.6 is 0 Å². The molecule has 1 aromatic carbocycles. The van der Waals surface area contributed by atoms with Crippen LogP contribution in [0.4, 0.5) is 0 Å². The Hall–Kier alpha value is -1.88. The normalized spacial score (nSPS) is 26.5. The number of fused-ring (bicyclic) bond motifs is 1. The van der Waals surface area contributed by atoms with Gasteiger partial charge in [0.15, 0.2) is 0 Å². The lowest BCUT2D eigenvalue weighted by Crippen LogP contribution is -2.61. The Morgan fingerprint density at radius 2 is 2.04 bits per heavy atom. The molecule has 0 aromatic heterocycles. The Labute approximate surface area is 143 Å². The number of aryl methyl sites for hydroxylation is 2. The third-order valence-corrected chi connectivity index (χ3v) is 5.24. The average Bonchev–Trinajstić information content (AvgIpc) is 2.99. The molecule has 0 spiro atoms. The summed E-state index contributed by atoms with van der Waals surface area (Å²) in [6, 6.07) is 6.00. The number of nitrogens with zero attached hydrogens (tertiary/aromatic N) is 1. The summed E-state index contributed by atoms with van der Waals surface area (Å²) in [7, 11) is 0. The van der Waals surface area contributed by atoms with Crippen molar-refractivity contribution in [1.29, 1.82) is 0 Å². The van der Waals surface area contributed by atoms with Crippen LogP contribution in [0.5, 0.6) is 0 Å². The second-order valence-corrected chi connectivity index (χ2v) is 7.09. The van der Waals surface area contributed by atoms with Gasteiger partial charge in [-0.2, -0.15) is 0 Å². The second-order valence-electron chi connectivity index (χ2n) is 7.09. The molecule has 0 radical (unpaired) electrons. The van der Waals surface area contributed by atoms with Crippen molar-refractivity contribution < 1.29 is 9.59 Å². The van der Waals surface area contributed by atoms with Gasteiger partial charge in [-0.15, -0.1) is 0 Å². The third kappa shape index (κ3) is 3.31. The molecule has 3 rings (SSSR count). The van der Waals surface area contributed by atoms with Gasteiger partial charge < -0.3 is 15.5 Å². The molecule has 0 saturated carbocycles. The monoisotopic (exact) mass is 329 g/mol. The molecule has 2 amide bonds. The number of piperazine rings is 1. The van der Waals surface area contributed by atoms with Crippen molar-refractivity contribution in [2.75, 3.05) is 6.54 Å². The molecule has 1 aromatic rings. The molecule has 5 nitrogen and oxygen atoms in total. The van der Waals surface area contributed by atoms with Gasteiger partial charge in [0.25, 0.3) is 0 Å². The summed E-state index contributed by atoms with van der Waals surface area (Å²) in [6.07, 6.45) is 2.31. The molecule has 3 atom stereocenters. The molecule has 2 N–H and O–H groups in total. The summed E-state index contributed by atoms with van der Waals surface area (Å²) in [4.78, 5) is 26.6. The summed E-state index contributed by atoms with van der Waals surface area (Å²) < 4.78 is 0. The van der Waals surface area contributed by atoms with Gasteiger partial charge in [0.2, 0.25) is 11.8 Å². The predicted molar refractivity (Wildman–Crippen MR) is 93.5 cm³/mol. The van der Waals surface area contributed by atoms with Gasteiger partial charge in [0.1, 0.15) is 12.1 Å². The van der Waals surface area contributed by atoms with Crippen molar-refractivity contribution >= 4 is 11.8 Å². The van der Waals surface area contributed by atoms with E-state index in [2.05, 4.69) is 42.7 Å². The molecule has 130 valence electrons. The number of carbonyl (C=O) groups is 2. The smallest absolute Gasteiger partial charge is 0.245 e. The quantitative estimate of drug-likeness (QED) is 0.864. The zero-order chi connectivity index (χ0) is 17.3. The van der Waals surface area contributed by atoms with Gasteiger partial charge in [0, 0.05) is 19.1 Å². The van der Waals surface area contributed by atoms with Crippen LogP contribution in [0.25, 0.3) is 0 Å². The lowest BCUT2D eigenvalue weighted by molar-refractivity contribution is -0.147. The Balaban J connectivity index is 1.61. The summed E-state index contributed by atoms with van der Waals surface area (Å²) in [5, 5.41) is 6.40. The summed E-state index contributed by atoms with van der Waals surface area (Å²) in [5.41, 5.74) is 3.82. The van der Waals surface area contributed by atoms with Gasteiger partial charge in [-0.1, -0.05) is 31.5 Å². The lowest BCUT2D eigenvalue weighted by atomic mass is 10.0. The molecular weight excluding hydrogens is 302 g/mol. The van der Waals surface area contributed by atoms with E-state index in [1.165, 1.54) is 16.7 Å². The van der Waals surface area contributed by atoms with E-state index >= 15 is 0 Å². The minimum Gasteiger partial charge on any atom is -0.343 e. The maximum Gasteiger partial charge on any atom is 0.245 e. The second kappa shape index (κ2) is 6.93. The molecule has 2 aliphatic rings. The molecule has 0 unspecified atom stereocenters. The first-order valence-corrected chi connectivity index (χ1v) is 8.90. The van der Waals surface area contributed by atoms with Crippen molar-refractivity contribution in [3.05, 3.63) is 34.9 Å². The molecule has 2 aliphatic heterocycles. The van der Waals surface area contributed by atoms with Crippen LogP contribution in [0.15, 0.2) is 18.2 Å². The first-order valence-electron chi connectivity index (χ1n) is 8.90. The largest absolute Gasteiger partial charge is 0.343 e. The summed E-state index contributed by atoms with van der Waals surface area (Å²) >= 11 is 0. The van der Waals surface area contributed by atoms with E-state index in [1.54, 1.807) is 4.90 Å². The van der Waals surface area contributed by atoms with Crippen molar-refractivity contribution in [3.8, 4) is 0 Å². The third-order valence-electron chi connectivity index (χ3n) is 5.24. The van der Waals surface area contributed by atoms with E-state index < -0.39 is 0 Å². The number of nitrogens with one attached hydrogen (secondary N) is 2. The van der Waals surface area contributed by atoms with Gasteiger partial charge >= 0.3 is 0 Å². The molecule has 2 heterocycles.